The van der Waals surface area contributed by atoms with E-state index in [0.717, 1.165) is 16.7 Å². The van der Waals surface area contributed by atoms with E-state index in [1.54, 1.807) is 24.5 Å². The van der Waals surface area contributed by atoms with Crippen molar-refractivity contribution in [1.82, 2.24) is 15.8 Å². The Kier molecular flexibility index (Phi) is 4.33. The largest absolute Gasteiger partial charge is 0.469 e. The van der Waals surface area contributed by atoms with Crippen molar-refractivity contribution < 1.29 is 14.0 Å². The second-order valence-corrected chi connectivity index (χ2v) is 4.97. The zero-order chi connectivity index (χ0) is 16.1. The molecular formula is C17H15N3O3. The molecule has 0 aliphatic heterocycles. The van der Waals surface area contributed by atoms with E-state index in [1.807, 2.05) is 30.3 Å². The summed E-state index contributed by atoms with van der Waals surface area (Å²) in [6.45, 7) is 0. The Balaban J connectivity index is 1.54. The third kappa shape index (κ3) is 3.74. The average Bonchev–Trinajstić information content (AvgIpc) is 3.11. The number of nitrogens with zero attached hydrogens (tertiary/aromatic N) is 1. The van der Waals surface area contributed by atoms with E-state index >= 15 is 0 Å². The molecule has 6 heteroatoms. The molecule has 0 aliphatic carbocycles. The van der Waals surface area contributed by atoms with Crippen LogP contribution in [0.5, 0.6) is 0 Å². The van der Waals surface area contributed by atoms with Crippen LogP contribution in [0.25, 0.3) is 10.9 Å². The maximum absolute atomic E-state index is 12.0. The molecular weight excluding hydrogens is 294 g/mol. The summed E-state index contributed by atoms with van der Waals surface area (Å²) < 4.78 is 5.14. The quantitative estimate of drug-likeness (QED) is 0.724. The summed E-state index contributed by atoms with van der Waals surface area (Å²) in [5.74, 6) is -0.0275. The number of rotatable bonds is 4. The highest BCUT2D eigenvalue weighted by molar-refractivity contribution is 5.95. The van der Waals surface area contributed by atoms with Crippen LogP contribution in [0.3, 0.4) is 0 Å². The number of nitrogens with one attached hydrogen (secondary N) is 2. The minimum atomic E-state index is -0.456. The monoisotopic (exact) mass is 309 g/mol. The fourth-order valence-electron chi connectivity index (χ4n) is 2.14. The highest BCUT2D eigenvalue weighted by Crippen LogP contribution is 2.11. The molecule has 0 unspecified atom stereocenters. The zero-order valence-electron chi connectivity index (χ0n) is 12.3. The van der Waals surface area contributed by atoms with Crippen LogP contribution in [0.4, 0.5) is 0 Å². The van der Waals surface area contributed by atoms with Gasteiger partial charge in [-0.05, 0) is 24.3 Å². The van der Waals surface area contributed by atoms with Gasteiger partial charge in [0.2, 0.25) is 5.91 Å². The van der Waals surface area contributed by atoms with E-state index in [-0.39, 0.29) is 18.0 Å². The van der Waals surface area contributed by atoms with E-state index < -0.39 is 5.91 Å². The SMILES string of the molecule is O=C(CCc1ccco1)NNC(=O)c1ccc2ccccc2n1. The van der Waals surface area contributed by atoms with Gasteiger partial charge in [-0.15, -0.1) is 0 Å². The van der Waals surface area contributed by atoms with Crippen molar-refractivity contribution >= 4 is 22.7 Å². The van der Waals surface area contributed by atoms with Crippen molar-refractivity contribution in [2.24, 2.45) is 0 Å². The molecule has 0 spiro atoms. The fourth-order valence-corrected chi connectivity index (χ4v) is 2.14. The van der Waals surface area contributed by atoms with Crippen molar-refractivity contribution in [3.63, 3.8) is 0 Å². The van der Waals surface area contributed by atoms with E-state index in [4.69, 9.17) is 4.42 Å². The molecule has 116 valence electrons. The van der Waals surface area contributed by atoms with E-state index in [1.165, 1.54) is 0 Å². The number of fused-ring (bicyclic) bond motifs is 1. The molecule has 0 bridgehead atoms. The number of hydrogen-bond acceptors (Lipinski definition) is 4. The number of furan rings is 1. The summed E-state index contributed by atoms with van der Waals surface area (Å²) in [5.41, 5.74) is 5.70. The molecule has 0 saturated heterocycles. The molecule has 0 aliphatic rings. The summed E-state index contributed by atoms with van der Waals surface area (Å²) in [4.78, 5) is 28.0. The summed E-state index contributed by atoms with van der Waals surface area (Å²) in [6.07, 6.45) is 2.25. The lowest BCUT2D eigenvalue weighted by Crippen LogP contribution is -2.42. The Bertz CT molecular complexity index is 828. The molecule has 0 fully saturated rings. The van der Waals surface area contributed by atoms with Crippen LogP contribution in [-0.4, -0.2) is 16.8 Å². The number of pyridine rings is 1. The second-order valence-electron chi connectivity index (χ2n) is 4.97. The number of hydrazine groups is 1. The lowest BCUT2D eigenvalue weighted by Gasteiger charge is -2.07. The molecule has 2 heterocycles. The van der Waals surface area contributed by atoms with E-state index in [9.17, 15) is 9.59 Å². The van der Waals surface area contributed by atoms with Crippen LogP contribution in [0, 0.1) is 0 Å². The van der Waals surface area contributed by atoms with Gasteiger partial charge in [0.1, 0.15) is 11.5 Å². The number of para-hydroxylation sites is 1. The summed E-state index contributed by atoms with van der Waals surface area (Å²) in [5, 5.41) is 0.950. The molecule has 0 radical (unpaired) electrons. The van der Waals surface area contributed by atoms with Crippen molar-refractivity contribution in [3.05, 3.63) is 66.2 Å². The zero-order valence-corrected chi connectivity index (χ0v) is 12.3. The Morgan fingerprint density at radius 2 is 1.87 bits per heavy atom. The van der Waals surface area contributed by atoms with Crippen LogP contribution in [0.1, 0.15) is 22.7 Å². The Labute approximate surface area is 132 Å². The molecule has 0 saturated carbocycles. The Morgan fingerprint density at radius 1 is 1.00 bits per heavy atom. The van der Waals surface area contributed by atoms with Gasteiger partial charge in [0.05, 0.1) is 11.8 Å². The van der Waals surface area contributed by atoms with Crippen molar-refractivity contribution in [2.45, 2.75) is 12.8 Å². The number of carbonyl (C=O) groups excluding carboxylic acids is 2. The number of hydrogen-bond donors (Lipinski definition) is 2. The molecule has 23 heavy (non-hydrogen) atoms. The topological polar surface area (TPSA) is 84.2 Å². The maximum Gasteiger partial charge on any atom is 0.288 e. The Hall–Kier alpha value is -3.15. The van der Waals surface area contributed by atoms with Gasteiger partial charge in [0.25, 0.3) is 5.91 Å². The lowest BCUT2D eigenvalue weighted by molar-refractivity contribution is -0.121. The molecule has 6 nitrogen and oxygen atoms in total. The van der Waals surface area contributed by atoms with Crippen molar-refractivity contribution in [1.29, 1.82) is 0 Å². The van der Waals surface area contributed by atoms with Crippen molar-refractivity contribution in [3.8, 4) is 0 Å². The van der Waals surface area contributed by atoms with Gasteiger partial charge in [-0.2, -0.15) is 0 Å². The predicted molar refractivity (Wildman–Crippen MR) is 84.4 cm³/mol. The highest BCUT2D eigenvalue weighted by atomic mass is 16.3. The summed E-state index contributed by atoms with van der Waals surface area (Å²) in [6, 6.07) is 14.5. The number of carbonyl (C=O) groups is 2. The maximum atomic E-state index is 12.0. The smallest absolute Gasteiger partial charge is 0.288 e. The first-order valence-corrected chi connectivity index (χ1v) is 7.20. The standard InChI is InChI=1S/C17H15N3O3/c21-16(10-8-13-5-3-11-23-13)19-20-17(22)15-9-7-12-4-1-2-6-14(12)18-15/h1-7,9,11H,8,10H2,(H,19,21)(H,20,22). The van der Waals surface area contributed by atoms with Crippen LogP contribution >= 0.6 is 0 Å². The molecule has 0 atom stereocenters. The molecule has 3 aromatic rings. The molecule has 2 N–H and O–H groups in total. The van der Waals surface area contributed by atoms with Gasteiger partial charge in [-0.3, -0.25) is 20.4 Å². The highest BCUT2D eigenvalue weighted by Gasteiger charge is 2.10. The van der Waals surface area contributed by atoms with Gasteiger partial charge < -0.3 is 4.42 Å². The van der Waals surface area contributed by atoms with Gasteiger partial charge in [-0.1, -0.05) is 24.3 Å². The first-order valence-electron chi connectivity index (χ1n) is 7.20. The van der Waals surface area contributed by atoms with Gasteiger partial charge in [0.15, 0.2) is 0 Å². The minimum absolute atomic E-state index is 0.221. The van der Waals surface area contributed by atoms with Crippen LogP contribution < -0.4 is 10.9 Å². The molecule has 2 amide bonds. The fraction of sp³-hybridized carbons (Fsp3) is 0.118. The van der Waals surface area contributed by atoms with Gasteiger partial charge >= 0.3 is 0 Å². The molecule has 1 aromatic carbocycles. The van der Waals surface area contributed by atoms with Crippen molar-refractivity contribution in [2.75, 3.05) is 0 Å². The minimum Gasteiger partial charge on any atom is -0.469 e. The van der Waals surface area contributed by atoms with Crippen LogP contribution in [0.2, 0.25) is 0 Å². The number of benzene rings is 1. The second kappa shape index (κ2) is 6.74. The van der Waals surface area contributed by atoms with Gasteiger partial charge in [-0.25, -0.2) is 4.98 Å². The predicted octanol–water partition coefficient (Wildman–Crippen LogP) is 2.22. The van der Waals surface area contributed by atoms with E-state index in [2.05, 4.69) is 15.8 Å². The van der Waals surface area contributed by atoms with Crippen LogP contribution in [0.15, 0.2) is 59.2 Å². The number of amides is 2. The normalized spacial score (nSPS) is 10.4. The lowest BCUT2D eigenvalue weighted by atomic mass is 10.2. The third-order valence-electron chi connectivity index (χ3n) is 3.33. The summed E-state index contributed by atoms with van der Waals surface area (Å²) >= 11 is 0. The summed E-state index contributed by atoms with van der Waals surface area (Å²) in [7, 11) is 0. The average molecular weight is 309 g/mol. The molecule has 2 aromatic heterocycles. The number of aryl methyl sites for hydroxylation is 1. The third-order valence-corrected chi connectivity index (χ3v) is 3.33. The first kappa shape index (κ1) is 14.8. The molecule has 3 rings (SSSR count). The number of aromatic nitrogens is 1. The van der Waals surface area contributed by atoms with Crippen LogP contribution in [-0.2, 0) is 11.2 Å². The Morgan fingerprint density at radius 3 is 2.70 bits per heavy atom. The van der Waals surface area contributed by atoms with E-state index in [0.29, 0.717) is 6.42 Å². The first-order chi connectivity index (χ1) is 11.2. The van der Waals surface area contributed by atoms with Gasteiger partial charge in [0, 0.05) is 18.2 Å².